The minimum absolute atomic E-state index is 0.0434. The highest BCUT2D eigenvalue weighted by Gasteiger charge is 2.36. The van der Waals surface area contributed by atoms with Crippen molar-refractivity contribution in [1.82, 2.24) is 10.2 Å². The van der Waals surface area contributed by atoms with E-state index in [9.17, 15) is 14.4 Å². The second-order valence-electron chi connectivity index (χ2n) is 6.48. The van der Waals surface area contributed by atoms with Gasteiger partial charge in [-0.15, -0.1) is 0 Å². The number of furan rings is 1. The summed E-state index contributed by atoms with van der Waals surface area (Å²) in [6.45, 7) is 2.99. The molecule has 0 atom stereocenters. The maximum Gasteiger partial charge on any atom is 0.331 e. The molecular weight excluding hydrogens is 362 g/mol. The maximum atomic E-state index is 12.7. The molecule has 1 N–H and O–H groups in total. The van der Waals surface area contributed by atoms with E-state index >= 15 is 0 Å². The van der Waals surface area contributed by atoms with Crippen LogP contribution in [0.5, 0.6) is 0 Å². The minimum Gasteiger partial charge on any atom is -0.467 e. The number of carbonyl (C=O) groups excluding carboxylic acids is 3. The van der Waals surface area contributed by atoms with E-state index in [1.54, 1.807) is 12.1 Å². The lowest BCUT2D eigenvalue weighted by Crippen LogP contribution is -2.53. The lowest BCUT2D eigenvalue weighted by atomic mass is 10.1. The maximum absolute atomic E-state index is 12.7. The molecule has 1 aromatic heterocycles. The summed E-state index contributed by atoms with van der Waals surface area (Å²) in [6.07, 6.45) is 2.95. The number of benzene rings is 1. The average Bonchev–Trinajstić information content (AvgIpc) is 3.23. The monoisotopic (exact) mass is 381 g/mol. The summed E-state index contributed by atoms with van der Waals surface area (Å²) in [5.74, 6) is -0.905. The molecule has 2 fully saturated rings. The molecule has 3 heterocycles. The van der Waals surface area contributed by atoms with Crippen molar-refractivity contribution in [3.63, 3.8) is 0 Å². The topological polar surface area (TPSA) is 92.1 Å². The molecule has 2 aliphatic rings. The highest BCUT2D eigenvalue weighted by molar-refractivity contribution is 6.30. The van der Waals surface area contributed by atoms with E-state index in [0.29, 0.717) is 24.5 Å². The largest absolute Gasteiger partial charge is 0.467 e. The van der Waals surface area contributed by atoms with Gasteiger partial charge in [-0.25, -0.2) is 4.79 Å². The number of morpholine rings is 1. The SMILES string of the molecule is O=C1NC(=O)N(Cc2ccco2)C(=O)C1=Cc1ccc(N2CCOCC2)cc1. The van der Waals surface area contributed by atoms with Gasteiger partial charge in [0, 0.05) is 18.8 Å². The van der Waals surface area contributed by atoms with Crippen LogP contribution in [0.3, 0.4) is 0 Å². The van der Waals surface area contributed by atoms with Crippen molar-refractivity contribution in [1.29, 1.82) is 0 Å². The van der Waals surface area contributed by atoms with Gasteiger partial charge in [0.05, 0.1) is 26.0 Å². The van der Waals surface area contributed by atoms with Crippen molar-refractivity contribution in [3.05, 3.63) is 59.6 Å². The molecule has 8 heteroatoms. The van der Waals surface area contributed by atoms with Gasteiger partial charge in [-0.3, -0.25) is 19.8 Å². The lowest BCUT2D eigenvalue weighted by molar-refractivity contribution is -0.130. The Kier molecular flexibility index (Phi) is 4.94. The molecule has 2 saturated heterocycles. The summed E-state index contributed by atoms with van der Waals surface area (Å²) in [4.78, 5) is 40.1. The van der Waals surface area contributed by atoms with Crippen molar-refractivity contribution in [3.8, 4) is 0 Å². The Labute approximate surface area is 161 Å². The van der Waals surface area contributed by atoms with Crippen molar-refractivity contribution in [2.24, 2.45) is 0 Å². The number of urea groups is 1. The predicted octanol–water partition coefficient (Wildman–Crippen LogP) is 1.78. The number of hydrogen-bond acceptors (Lipinski definition) is 6. The van der Waals surface area contributed by atoms with Crippen molar-refractivity contribution in [2.75, 3.05) is 31.2 Å². The normalized spacial score (nSPS) is 19.3. The van der Waals surface area contributed by atoms with Crippen LogP contribution in [-0.2, 0) is 20.9 Å². The average molecular weight is 381 g/mol. The zero-order valence-electron chi connectivity index (χ0n) is 15.1. The van der Waals surface area contributed by atoms with Gasteiger partial charge in [0.15, 0.2) is 0 Å². The molecule has 144 valence electrons. The second-order valence-corrected chi connectivity index (χ2v) is 6.48. The number of anilines is 1. The molecule has 0 saturated carbocycles. The van der Waals surface area contributed by atoms with Gasteiger partial charge >= 0.3 is 6.03 Å². The number of nitrogens with one attached hydrogen (secondary N) is 1. The fraction of sp³-hybridized carbons (Fsp3) is 0.250. The van der Waals surface area contributed by atoms with Crippen LogP contribution in [0.4, 0.5) is 10.5 Å². The Balaban J connectivity index is 1.54. The molecule has 2 aliphatic heterocycles. The van der Waals surface area contributed by atoms with Crippen LogP contribution < -0.4 is 10.2 Å². The minimum atomic E-state index is -0.758. The molecule has 4 amide bonds. The third-order valence-electron chi connectivity index (χ3n) is 4.66. The molecule has 0 unspecified atom stereocenters. The zero-order chi connectivity index (χ0) is 19.5. The Hall–Kier alpha value is -3.39. The van der Waals surface area contributed by atoms with Crippen LogP contribution in [0, 0.1) is 0 Å². The smallest absolute Gasteiger partial charge is 0.331 e. The van der Waals surface area contributed by atoms with Crippen LogP contribution >= 0.6 is 0 Å². The van der Waals surface area contributed by atoms with Gasteiger partial charge in [0.1, 0.15) is 11.3 Å². The van der Waals surface area contributed by atoms with Gasteiger partial charge in [0.25, 0.3) is 11.8 Å². The van der Waals surface area contributed by atoms with E-state index in [4.69, 9.17) is 9.15 Å². The van der Waals surface area contributed by atoms with Crippen molar-refractivity contribution >= 4 is 29.6 Å². The first-order valence-corrected chi connectivity index (χ1v) is 8.96. The van der Waals surface area contributed by atoms with Crippen LogP contribution in [0.15, 0.2) is 52.7 Å². The second kappa shape index (κ2) is 7.69. The molecule has 28 heavy (non-hydrogen) atoms. The number of carbonyl (C=O) groups is 3. The number of hydrogen-bond donors (Lipinski definition) is 1. The highest BCUT2D eigenvalue weighted by Crippen LogP contribution is 2.20. The number of rotatable bonds is 4. The molecule has 0 aliphatic carbocycles. The van der Waals surface area contributed by atoms with Gasteiger partial charge < -0.3 is 14.1 Å². The Morgan fingerprint density at radius 3 is 2.46 bits per heavy atom. The summed E-state index contributed by atoms with van der Waals surface area (Å²) < 4.78 is 10.5. The Bertz CT molecular complexity index is 912. The molecule has 1 aromatic carbocycles. The third kappa shape index (κ3) is 3.67. The molecule has 2 aromatic rings. The first-order valence-electron chi connectivity index (χ1n) is 8.96. The van der Waals surface area contributed by atoms with E-state index in [1.807, 2.05) is 24.3 Å². The molecule has 8 nitrogen and oxygen atoms in total. The Morgan fingerprint density at radius 1 is 1.04 bits per heavy atom. The van der Waals surface area contributed by atoms with Crippen LogP contribution in [-0.4, -0.2) is 49.0 Å². The van der Waals surface area contributed by atoms with Crippen molar-refractivity contribution < 1.29 is 23.5 Å². The van der Waals surface area contributed by atoms with Gasteiger partial charge in [-0.2, -0.15) is 0 Å². The summed E-state index contributed by atoms with van der Waals surface area (Å²) in [5.41, 5.74) is 1.66. The standard InChI is InChI=1S/C20H19N3O5/c24-18-17(19(25)23(20(26)21-18)13-16-2-1-9-28-16)12-14-3-5-15(6-4-14)22-7-10-27-11-8-22/h1-6,9,12H,7-8,10-11,13H2,(H,21,24,26). The molecule has 4 rings (SSSR count). The first-order chi connectivity index (χ1) is 13.6. The molecule has 0 bridgehead atoms. The van der Waals surface area contributed by atoms with E-state index in [1.165, 1.54) is 12.3 Å². The number of nitrogens with zero attached hydrogens (tertiary/aromatic N) is 2. The van der Waals surface area contributed by atoms with E-state index in [2.05, 4.69) is 10.2 Å². The fourth-order valence-electron chi connectivity index (χ4n) is 3.17. The van der Waals surface area contributed by atoms with Crippen molar-refractivity contribution in [2.45, 2.75) is 6.54 Å². The van der Waals surface area contributed by atoms with Crippen LogP contribution in [0.2, 0.25) is 0 Å². The third-order valence-corrected chi connectivity index (χ3v) is 4.66. The fourth-order valence-corrected chi connectivity index (χ4v) is 3.17. The summed E-state index contributed by atoms with van der Waals surface area (Å²) in [6, 6.07) is 10.1. The highest BCUT2D eigenvalue weighted by atomic mass is 16.5. The lowest BCUT2D eigenvalue weighted by Gasteiger charge is -2.29. The van der Waals surface area contributed by atoms with Gasteiger partial charge in [-0.05, 0) is 35.9 Å². The van der Waals surface area contributed by atoms with E-state index < -0.39 is 17.8 Å². The zero-order valence-corrected chi connectivity index (χ0v) is 15.1. The van der Waals surface area contributed by atoms with Gasteiger partial charge in [0.2, 0.25) is 0 Å². The van der Waals surface area contributed by atoms with Crippen LogP contribution in [0.25, 0.3) is 6.08 Å². The predicted molar refractivity (Wildman–Crippen MR) is 100 cm³/mol. The van der Waals surface area contributed by atoms with Crippen LogP contribution in [0.1, 0.15) is 11.3 Å². The molecule has 0 spiro atoms. The molecular formula is C20H19N3O5. The number of imide groups is 2. The summed E-state index contributed by atoms with van der Waals surface area (Å²) >= 11 is 0. The number of ether oxygens (including phenoxy) is 1. The van der Waals surface area contributed by atoms with E-state index in [-0.39, 0.29) is 12.1 Å². The quantitative estimate of drug-likeness (QED) is 0.641. The van der Waals surface area contributed by atoms with E-state index in [0.717, 1.165) is 23.7 Å². The number of amides is 4. The Morgan fingerprint density at radius 2 is 1.79 bits per heavy atom. The molecule has 0 radical (unpaired) electrons. The summed E-state index contributed by atoms with van der Waals surface area (Å²) in [7, 11) is 0. The number of barbiturate groups is 1. The first kappa shape index (κ1) is 18.0. The van der Waals surface area contributed by atoms with Gasteiger partial charge in [-0.1, -0.05) is 12.1 Å². The summed E-state index contributed by atoms with van der Waals surface area (Å²) in [5, 5.41) is 2.20.